The summed E-state index contributed by atoms with van der Waals surface area (Å²) < 4.78 is 10.9. The fraction of sp³-hybridized carbons (Fsp3) is 0.250. The summed E-state index contributed by atoms with van der Waals surface area (Å²) in [7, 11) is 1.58. The summed E-state index contributed by atoms with van der Waals surface area (Å²) in [5.74, 6) is 0.195. The predicted octanol–water partition coefficient (Wildman–Crippen LogP) is 4.47. The standard InChI is InChI=1S/C20H20O4/c1-23-15-10-12-16(13-11-15)24-19(20(21)22)18-9-5-4-8-17(18)14-6-2-3-7-14/h4-6,8-13,19H,2-3,7H2,1H3,(H,21,22). The Kier molecular flexibility index (Phi) is 4.85. The van der Waals surface area contributed by atoms with Crippen molar-refractivity contribution in [1.82, 2.24) is 0 Å². The first-order valence-electron chi connectivity index (χ1n) is 8.01. The van der Waals surface area contributed by atoms with E-state index in [9.17, 15) is 9.90 Å². The smallest absolute Gasteiger partial charge is 0.349 e. The monoisotopic (exact) mass is 324 g/mol. The van der Waals surface area contributed by atoms with Crippen molar-refractivity contribution in [2.24, 2.45) is 0 Å². The van der Waals surface area contributed by atoms with Gasteiger partial charge in [0.05, 0.1) is 7.11 Å². The second-order valence-corrected chi connectivity index (χ2v) is 5.72. The van der Waals surface area contributed by atoms with Crippen LogP contribution in [0.2, 0.25) is 0 Å². The molecule has 1 N–H and O–H groups in total. The topological polar surface area (TPSA) is 55.8 Å². The highest BCUT2D eigenvalue weighted by molar-refractivity contribution is 5.79. The summed E-state index contributed by atoms with van der Waals surface area (Å²) >= 11 is 0. The van der Waals surface area contributed by atoms with Crippen LogP contribution in [0, 0.1) is 0 Å². The van der Waals surface area contributed by atoms with Crippen LogP contribution < -0.4 is 9.47 Å². The first kappa shape index (κ1) is 16.1. The Morgan fingerprint density at radius 2 is 1.79 bits per heavy atom. The molecule has 0 aliphatic heterocycles. The van der Waals surface area contributed by atoms with Gasteiger partial charge in [0.1, 0.15) is 11.5 Å². The second kappa shape index (κ2) is 7.21. The van der Waals surface area contributed by atoms with E-state index in [1.54, 1.807) is 31.4 Å². The fourth-order valence-electron chi connectivity index (χ4n) is 2.97. The maximum Gasteiger partial charge on any atom is 0.349 e. The van der Waals surface area contributed by atoms with Gasteiger partial charge >= 0.3 is 5.97 Å². The molecule has 0 radical (unpaired) electrons. The number of carboxylic acids is 1. The minimum atomic E-state index is -1.05. The lowest BCUT2D eigenvalue weighted by Gasteiger charge is -2.19. The highest BCUT2D eigenvalue weighted by Crippen LogP contribution is 2.34. The van der Waals surface area contributed by atoms with Gasteiger partial charge in [-0.15, -0.1) is 0 Å². The van der Waals surface area contributed by atoms with Crippen LogP contribution in [0.4, 0.5) is 0 Å². The average molecular weight is 324 g/mol. The Morgan fingerprint density at radius 1 is 1.08 bits per heavy atom. The maximum atomic E-state index is 11.8. The lowest BCUT2D eigenvalue weighted by atomic mass is 9.95. The van der Waals surface area contributed by atoms with Crippen molar-refractivity contribution in [1.29, 1.82) is 0 Å². The van der Waals surface area contributed by atoms with E-state index in [1.165, 1.54) is 5.57 Å². The van der Waals surface area contributed by atoms with Crippen LogP contribution in [-0.2, 0) is 4.79 Å². The molecule has 0 fully saturated rings. The fourth-order valence-corrected chi connectivity index (χ4v) is 2.97. The van der Waals surface area contributed by atoms with Gasteiger partial charge in [0.2, 0.25) is 6.10 Å². The van der Waals surface area contributed by atoms with Gasteiger partial charge in [-0.1, -0.05) is 30.3 Å². The molecule has 0 heterocycles. The van der Waals surface area contributed by atoms with Gasteiger partial charge in [0, 0.05) is 5.56 Å². The molecule has 2 aromatic rings. The molecule has 24 heavy (non-hydrogen) atoms. The minimum Gasteiger partial charge on any atom is -0.497 e. The number of allylic oxidation sites excluding steroid dienone is 2. The van der Waals surface area contributed by atoms with Crippen LogP contribution in [0.1, 0.15) is 36.5 Å². The minimum absolute atomic E-state index is 0.499. The van der Waals surface area contributed by atoms with Crippen molar-refractivity contribution < 1.29 is 19.4 Å². The summed E-state index contributed by atoms with van der Waals surface area (Å²) in [5, 5.41) is 9.69. The molecule has 124 valence electrons. The van der Waals surface area contributed by atoms with Crippen molar-refractivity contribution in [3.05, 3.63) is 65.7 Å². The molecule has 2 aromatic carbocycles. The zero-order valence-electron chi connectivity index (χ0n) is 13.6. The summed E-state index contributed by atoms with van der Waals surface area (Å²) in [5.41, 5.74) is 2.86. The van der Waals surface area contributed by atoms with Crippen LogP contribution in [0.5, 0.6) is 11.5 Å². The number of rotatable bonds is 6. The molecule has 1 aliphatic carbocycles. The van der Waals surface area contributed by atoms with Gasteiger partial charge in [-0.25, -0.2) is 4.79 Å². The molecule has 3 rings (SSSR count). The van der Waals surface area contributed by atoms with Crippen molar-refractivity contribution in [2.75, 3.05) is 7.11 Å². The summed E-state index contributed by atoms with van der Waals surface area (Å²) in [6.45, 7) is 0. The van der Waals surface area contributed by atoms with Crippen molar-refractivity contribution in [2.45, 2.75) is 25.4 Å². The Bertz CT molecular complexity index is 746. The van der Waals surface area contributed by atoms with Crippen LogP contribution in [0.15, 0.2) is 54.6 Å². The van der Waals surface area contributed by atoms with Crippen molar-refractivity contribution >= 4 is 11.5 Å². The van der Waals surface area contributed by atoms with Crippen LogP contribution in [0.3, 0.4) is 0 Å². The van der Waals surface area contributed by atoms with Gasteiger partial charge in [0.15, 0.2) is 0 Å². The van der Waals surface area contributed by atoms with Crippen LogP contribution >= 0.6 is 0 Å². The SMILES string of the molecule is COc1ccc(OC(C(=O)O)c2ccccc2C2=CCCC2)cc1. The molecule has 4 heteroatoms. The Balaban J connectivity index is 1.92. The van der Waals surface area contributed by atoms with E-state index in [4.69, 9.17) is 9.47 Å². The second-order valence-electron chi connectivity index (χ2n) is 5.72. The van der Waals surface area contributed by atoms with Crippen molar-refractivity contribution in [3.8, 4) is 11.5 Å². The van der Waals surface area contributed by atoms with Gasteiger partial charge in [-0.05, 0) is 54.7 Å². The Morgan fingerprint density at radius 3 is 2.42 bits per heavy atom. The van der Waals surface area contributed by atoms with Gasteiger partial charge in [-0.3, -0.25) is 0 Å². The number of carbonyl (C=O) groups is 1. The zero-order chi connectivity index (χ0) is 16.9. The summed E-state index contributed by atoms with van der Waals surface area (Å²) in [6, 6.07) is 14.5. The first-order valence-corrected chi connectivity index (χ1v) is 8.01. The van der Waals surface area contributed by atoms with Gasteiger partial charge < -0.3 is 14.6 Å². The van der Waals surface area contributed by atoms with Crippen LogP contribution in [0.25, 0.3) is 5.57 Å². The quantitative estimate of drug-likeness (QED) is 0.852. The zero-order valence-corrected chi connectivity index (χ0v) is 13.6. The van der Waals surface area contributed by atoms with Crippen LogP contribution in [-0.4, -0.2) is 18.2 Å². The van der Waals surface area contributed by atoms with E-state index in [-0.39, 0.29) is 0 Å². The Hall–Kier alpha value is -2.75. The molecule has 0 saturated carbocycles. The molecule has 1 aliphatic rings. The number of methoxy groups -OCH3 is 1. The molecule has 0 aromatic heterocycles. The molecule has 0 saturated heterocycles. The van der Waals surface area contributed by atoms with E-state index in [0.717, 1.165) is 24.8 Å². The molecule has 1 atom stereocenters. The molecule has 0 bridgehead atoms. The number of carboxylic acid groups (broad SMARTS) is 1. The highest BCUT2D eigenvalue weighted by Gasteiger charge is 2.26. The number of aliphatic carboxylic acids is 1. The molecule has 4 nitrogen and oxygen atoms in total. The van der Waals surface area contributed by atoms with E-state index in [1.807, 2.05) is 24.3 Å². The summed E-state index contributed by atoms with van der Waals surface area (Å²) in [6.07, 6.45) is 4.27. The molecule has 1 unspecified atom stereocenters. The number of ether oxygens (including phenoxy) is 2. The third-order valence-corrected chi connectivity index (χ3v) is 4.17. The number of benzene rings is 2. The third-order valence-electron chi connectivity index (χ3n) is 4.17. The normalized spacial score (nSPS) is 14.8. The lowest BCUT2D eigenvalue weighted by molar-refractivity contribution is -0.145. The van der Waals surface area contributed by atoms with E-state index >= 15 is 0 Å². The van der Waals surface area contributed by atoms with Gasteiger partial charge in [0.25, 0.3) is 0 Å². The summed E-state index contributed by atoms with van der Waals surface area (Å²) in [4.78, 5) is 11.8. The largest absolute Gasteiger partial charge is 0.497 e. The highest BCUT2D eigenvalue weighted by atomic mass is 16.5. The average Bonchev–Trinajstić information content (AvgIpc) is 3.14. The first-order chi connectivity index (χ1) is 11.7. The van der Waals surface area contributed by atoms with E-state index in [0.29, 0.717) is 17.1 Å². The van der Waals surface area contributed by atoms with E-state index in [2.05, 4.69) is 6.08 Å². The predicted molar refractivity (Wildman–Crippen MR) is 92.3 cm³/mol. The molecule has 0 spiro atoms. The lowest BCUT2D eigenvalue weighted by Crippen LogP contribution is -2.19. The van der Waals surface area contributed by atoms with E-state index < -0.39 is 12.1 Å². The maximum absolute atomic E-state index is 11.8. The van der Waals surface area contributed by atoms with Gasteiger partial charge in [-0.2, -0.15) is 0 Å². The third kappa shape index (κ3) is 3.43. The molecular formula is C20H20O4. The number of hydrogen-bond donors (Lipinski definition) is 1. The Labute approximate surface area is 141 Å². The number of hydrogen-bond acceptors (Lipinski definition) is 3. The van der Waals surface area contributed by atoms with Crippen molar-refractivity contribution in [3.63, 3.8) is 0 Å². The molecular weight excluding hydrogens is 304 g/mol. The molecule has 0 amide bonds.